The predicted octanol–water partition coefficient (Wildman–Crippen LogP) is 3.36. The number of morpholine rings is 1. The summed E-state index contributed by atoms with van der Waals surface area (Å²) in [6.07, 6.45) is 0.739. The number of aliphatic imine (C=N–C) groups is 1. The van der Waals surface area contributed by atoms with Crippen molar-refractivity contribution in [1.29, 1.82) is 0 Å². The molecule has 1 heterocycles. The minimum Gasteiger partial charge on any atom is -0.367 e. The van der Waals surface area contributed by atoms with Gasteiger partial charge in [0.2, 0.25) is 5.91 Å². The van der Waals surface area contributed by atoms with Crippen LogP contribution >= 0.6 is 0 Å². The Labute approximate surface area is 177 Å². The maximum absolute atomic E-state index is 13.2. The van der Waals surface area contributed by atoms with Gasteiger partial charge in [-0.1, -0.05) is 24.3 Å². The lowest BCUT2D eigenvalue weighted by Crippen LogP contribution is -2.51. The number of guanidine groups is 1. The Morgan fingerprint density at radius 3 is 2.50 bits per heavy atom. The van der Waals surface area contributed by atoms with Gasteiger partial charge < -0.3 is 20.3 Å². The number of nitrogens with zero attached hydrogens (tertiary/aromatic N) is 2. The molecule has 3 rings (SSSR count). The fourth-order valence-corrected chi connectivity index (χ4v) is 3.59. The highest BCUT2D eigenvalue weighted by atomic mass is 19.1. The van der Waals surface area contributed by atoms with Crippen molar-refractivity contribution in [2.75, 3.05) is 32.0 Å². The Bertz CT molecular complexity index is 868. The third kappa shape index (κ3) is 6.03. The normalized spacial score (nSPS) is 19.5. The molecule has 160 valence electrons. The molecule has 1 fully saturated rings. The topological polar surface area (TPSA) is 66.0 Å². The number of carbonyl (C=O) groups excluding carboxylic acids is 1. The van der Waals surface area contributed by atoms with Gasteiger partial charge in [-0.05, 0) is 48.7 Å². The molecule has 1 aliphatic rings. The molecule has 30 heavy (non-hydrogen) atoms. The van der Waals surface area contributed by atoms with Crippen LogP contribution in [0.4, 0.5) is 10.1 Å². The summed E-state index contributed by atoms with van der Waals surface area (Å²) >= 11 is 0. The van der Waals surface area contributed by atoms with E-state index in [4.69, 9.17) is 4.74 Å². The van der Waals surface area contributed by atoms with Crippen LogP contribution in [0.15, 0.2) is 53.5 Å². The van der Waals surface area contributed by atoms with Crippen molar-refractivity contribution in [3.05, 3.63) is 65.5 Å². The van der Waals surface area contributed by atoms with E-state index in [1.165, 1.54) is 24.6 Å². The number of rotatable bonds is 5. The Morgan fingerprint density at radius 2 is 1.87 bits per heavy atom. The zero-order valence-corrected chi connectivity index (χ0v) is 17.7. The molecule has 6 nitrogen and oxygen atoms in total. The molecule has 0 spiro atoms. The van der Waals surface area contributed by atoms with E-state index in [-0.39, 0.29) is 23.9 Å². The molecule has 0 bridgehead atoms. The minimum absolute atomic E-state index is 0.0358. The van der Waals surface area contributed by atoms with Crippen LogP contribution in [0.2, 0.25) is 0 Å². The van der Waals surface area contributed by atoms with Crippen molar-refractivity contribution in [2.45, 2.75) is 32.5 Å². The van der Waals surface area contributed by atoms with Gasteiger partial charge in [-0.2, -0.15) is 0 Å². The molecule has 1 amide bonds. The summed E-state index contributed by atoms with van der Waals surface area (Å²) in [5.41, 5.74) is 2.93. The summed E-state index contributed by atoms with van der Waals surface area (Å²) in [5.74, 6) is 0.501. The number of halogens is 1. The van der Waals surface area contributed by atoms with E-state index in [0.717, 1.165) is 36.7 Å². The van der Waals surface area contributed by atoms with E-state index in [2.05, 4.69) is 20.5 Å². The van der Waals surface area contributed by atoms with Crippen molar-refractivity contribution in [1.82, 2.24) is 10.2 Å². The number of hydrogen-bond donors (Lipinski definition) is 2. The van der Waals surface area contributed by atoms with Crippen molar-refractivity contribution in [3.63, 3.8) is 0 Å². The molecule has 0 saturated carbocycles. The van der Waals surface area contributed by atoms with Gasteiger partial charge in [0, 0.05) is 32.7 Å². The zero-order valence-electron chi connectivity index (χ0n) is 17.7. The smallest absolute Gasteiger partial charge is 0.221 e. The fourth-order valence-electron chi connectivity index (χ4n) is 3.59. The number of ether oxygens (including phenoxy) is 1. The molecule has 7 heteroatoms. The Kier molecular flexibility index (Phi) is 7.41. The second-order valence-corrected chi connectivity index (χ2v) is 7.49. The quantitative estimate of drug-likeness (QED) is 0.584. The lowest BCUT2D eigenvalue weighted by Gasteiger charge is -2.38. The molecule has 2 unspecified atom stereocenters. The number of benzene rings is 2. The van der Waals surface area contributed by atoms with Crippen LogP contribution in [0, 0.1) is 5.82 Å². The molecule has 2 atom stereocenters. The highest BCUT2D eigenvalue weighted by Crippen LogP contribution is 2.25. The minimum atomic E-state index is -0.248. The van der Waals surface area contributed by atoms with Crippen LogP contribution in [-0.4, -0.2) is 49.6 Å². The summed E-state index contributed by atoms with van der Waals surface area (Å²) in [4.78, 5) is 17.7. The molecular weight excluding hydrogens is 383 g/mol. The number of carbonyl (C=O) groups is 1. The summed E-state index contributed by atoms with van der Waals surface area (Å²) in [6, 6.07) is 14.3. The standard InChI is InChI=1S/C23H29FN4O2/c1-16-14-28(15-22(30-16)19-6-8-20(24)9-7-19)23(25-3)26-13-12-18-4-10-21(11-5-18)27-17(2)29/h4-11,16,22H,12-15H2,1-3H3,(H,25,26)(H,27,29). The zero-order chi connectivity index (χ0) is 21.5. The molecule has 1 saturated heterocycles. The average Bonchev–Trinajstić information content (AvgIpc) is 2.72. The van der Waals surface area contributed by atoms with Crippen LogP contribution in [0.5, 0.6) is 0 Å². The Morgan fingerprint density at radius 1 is 1.17 bits per heavy atom. The summed E-state index contributed by atoms with van der Waals surface area (Å²) in [7, 11) is 1.78. The predicted molar refractivity (Wildman–Crippen MR) is 117 cm³/mol. The summed E-state index contributed by atoms with van der Waals surface area (Å²) in [6.45, 7) is 5.66. The third-order valence-electron chi connectivity index (χ3n) is 4.98. The maximum atomic E-state index is 13.2. The van der Waals surface area contributed by atoms with E-state index < -0.39 is 0 Å². The lowest BCUT2D eigenvalue weighted by molar-refractivity contribution is -0.114. The molecule has 0 aliphatic carbocycles. The number of anilines is 1. The van der Waals surface area contributed by atoms with E-state index in [1.807, 2.05) is 31.2 Å². The fraction of sp³-hybridized carbons (Fsp3) is 0.391. The monoisotopic (exact) mass is 412 g/mol. The molecule has 2 aromatic carbocycles. The first kappa shape index (κ1) is 21.8. The van der Waals surface area contributed by atoms with E-state index in [0.29, 0.717) is 6.54 Å². The summed E-state index contributed by atoms with van der Waals surface area (Å²) in [5, 5.41) is 6.20. The molecule has 0 radical (unpaired) electrons. The SMILES string of the molecule is CN=C(NCCc1ccc(NC(C)=O)cc1)N1CC(C)OC(c2ccc(F)cc2)C1. The molecule has 1 aliphatic heterocycles. The third-order valence-corrected chi connectivity index (χ3v) is 4.98. The summed E-state index contributed by atoms with van der Waals surface area (Å²) < 4.78 is 19.3. The van der Waals surface area contributed by atoms with Crippen LogP contribution in [0.3, 0.4) is 0 Å². The molecule has 2 N–H and O–H groups in total. The van der Waals surface area contributed by atoms with Gasteiger partial charge in [-0.15, -0.1) is 0 Å². The largest absolute Gasteiger partial charge is 0.367 e. The first-order valence-corrected chi connectivity index (χ1v) is 10.2. The van der Waals surface area contributed by atoms with Crippen molar-refractivity contribution >= 4 is 17.6 Å². The van der Waals surface area contributed by atoms with Crippen LogP contribution in [-0.2, 0) is 16.0 Å². The van der Waals surface area contributed by atoms with Gasteiger partial charge in [-0.25, -0.2) is 4.39 Å². The van der Waals surface area contributed by atoms with E-state index >= 15 is 0 Å². The number of hydrogen-bond acceptors (Lipinski definition) is 3. The second-order valence-electron chi connectivity index (χ2n) is 7.49. The van der Waals surface area contributed by atoms with Crippen molar-refractivity contribution < 1.29 is 13.9 Å². The van der Waals surface area contributed by atoms with Crippen LogP contribution in [0.25, 0.3) is 0 Å². The number of amides is 1. The molecule has 0 aromatic heterocycles. The van der Waals surface area contributed by atoms with E-state index in [1.54, 1.807) is 19.2 Å². The van der Waals surface area contributed by atoms with Gasteiger partial charge in [0.25, 0.3) is 0 Å². The van der Waals surface area contributed by atoms with Gasteiger partial charge in [-0.3, -0.25) is 9.79 Å². The first-order valence-electron chi connectivity index (χ1n) is 10.2. The molecule has 2 aromatic rings. The second kappa shape index (κ2) is 10.2. The van der Waals surface area contributed by atoms with Gasteiger partial charge in [0.1, 0.15) is 11.9 Å². The van der Waals surface area contributed by atoms with Crippen molar-refractivity contribution in [2.24, 2.45) is 4.99 Å². The van der Waals surface area contributed by atoms with Gasteiger partial charge in [0.15, 0.2) is 5.96 Å². The van der Waals surface area contributed by atoms with Crippen LogP contribution < -0.4 is 10.6 Å². The Hall–Kier alpha value is -2.93. The average molecular weight is 413 g/mol. The first-order chi connectivity index (χ1) is 14.4. The molecular formula is C23H29FN4O2. The number of nitrogens with one attached hydrogen (secondary N) is 2. The van der Waals surface area contributed by atoms with Gasteiger partial charge >= 0.3 is 0 Å². The lowest BCUT2D eigenvalue weighted by atomic mass is 10.1. The van der Waals surface area contributed by atoms with Gasteiger partial charge in [0.05, 0.1) is 12.6 Å². The maximum Gasteiger partial charge on any atom is 0.221 e. The van der Waals surface area contributed by atoms with Crippen molar-refractivity contribution in [3.8, 4) is 0 Å². The van der Waals surface area contributed by atoms with Crippen LogP contribution in [0.1, 0.15) is 31.1 Å². The van der Waals surface area contributed by atoms with E-state index in [9.17, 15) is 9.18 Å². The Balaban J connectivity index is 1.55. The highest BCUT2D eigenvalue weighted by Gasteiger charge is 2.28. The highest BCUT2D eigenvalue weighted by molar-refractivity contribution is 5.88.